The number of benzene rings is 2. The van der Waals surface area contributed by atoms with Crippen LogP contribution in [0.1, 0.15) is 5.56 Å². The van der Waals surface area contributed by atoms with Crippen LogP contribution in [0.3, 0.4) is 0 Å². The van der Waals surface area contributed by atoms with Crippen LogP contribution < -0.4 is 11.1 Å². The molecule has 0 saturated carbocycles. The Hall–Kier alpha value is -2.17. The van der Waals surface area contributed by atoms with Crippen molar-refractivity contribution in [1.29, 1.82) is 0 Å². The zero-order valence-corrected chi connectivity index (χ0v) is 11.1. The van der Waals surface area contributed by atoms with E-state index in [1.165, 1.54) is 5.56 Å². The number of nitrogens with two attached hydrogens (primary N) is 1. The minimum atomic E-state index is -1.14. The van der Waals surface area contributed by atoms with Gasteiger partial charge in [0.1, 0.15) is 6.10 Å². The zero-order chi connectivity index (χ0) is 14.4. The molecule has 1 unspecified atom stereocenters. The number of hydrogen-bond donors (Lipinski definition) is 3. The summed E-state index contributed by atoms with van der Waals surface area (Å²) in [4.78, 5) is 10.7. The lowest BCUT2D eigenvalue weighted by Crippen LogP contribution is -2.37. The number of primary amides is 1. The maximum Gasteiger partial charge on any atom is 0.247 e. The largest absolute Gasteiger partial charge is 0.382 e. The summed E-state index contributed by atoms with van der Waals surface area (Å²) in [6.07, 6.45) is -1.14. The van der Waals surface area contributed by atoms with Crippen LogP contribution in [0.2, 0.25) is 0 Å². The van der Waals surface area contributed by atoms with Gasteiger partial charge < -0.3 is 16.2 Å². The first-order valence-corrected chi connectivity index (χ1v) is 6.49. The minimum absolute atomic E-state index is 0.162. The molecule has 20 heavy (non-hydrogen) atoms. The first-order chi connectivity index (χ1) is 9.66. The lowest BCUT2D eigenvalue weighted by atomic mass is 10.0. The standard InChI is InChI=1S/C16H18N2O2/c17-16(20)15(19)11-18-10-12-6-8-14(9-7-12)13-4-2-1-3-5-13/h1-9,15,18-19H,10-11H2,(H2,17,20). The van der Waals surface area contributed by atoms with Gasteiger partial charge in [0.15, 0.2) is 0 Å². The average Bonchev–Trinajstić information content (AvgIpc) is 2.48. The topological polar surface area (TPSA) is 75.4 Å². The van der Waals surface area contributed by atoms with Crippen molar-refractivity contribution < 1.29 is 9.90 Å². The Labute approximate surface area is 118 Å². The van der Waals surface area contributed by atoms with Gasteiger partial charge in [-0.05, 0) is 16.7 Å². The Kier molecular flexibility index (Phi) is 4.87. The lowest BCUT2D eigenvalue weighted by molar-refractivity contribution is -0.125. The highest BCUT2D eigenvalue weighted by Crippen LogP contribution is 2.19. The van der Waals surface area contributed by atoms with E-state index in [0.29, 0.717) is 6.54 Å². The molecule has 1 atom stereocenters. The third-order valence-corrected chi connectivity index (χ3v) is 3.06. The van der Waals surface area contributed by atoms with Gasteiger partial charge in [-0.3, -0.25) is 4.79 Å². The maximum absolute atomic E-state index is 10.7. The summed E-state index contributed by atoms with van der Waals surface area (Å²) >= 11 is 0. The molecule has 0 aliphatic heterocycles. The second-order valence-corrected chi connectivity index (χ2v) is 4.61. The van der Waals surface area contributed by atoms with Crippen molar-refractivity contribution in [2.24, 2.45) is 5.73 Å². The molecule has 2 rings (SSSR count). The van der Waals surface area contributed by atoms with E-state index in [4.69, 9.17) is 5.73 Å². The van der Waals surface area contributed by atoms with Crippen LogP contribution in [-0.2, 0) is 11.3 Å². The van der Waals surface area contributed by atoms with Crippen molar-refractivity contribution in [2.45, 2.75) is 12.6 Å². The van der Waals surface area contributed by atoms with E-state index in [2.05, 4.69) is 29.6 Å². The van der Waals surface area contributed by atoms with Crippen molar-refractivity contribution in [2.75, 3.05) is 6.54 Å². The molecular weight excluding hydrogens is 252 g/mol. The molecule has 0 radical (unpaired) electrons. The van der Waals surface area contributed by atoms with Crippen LogP contribution >= 0.6 is 0 Å². The molecule has 1 amide bonds. The Morgan fingerprint density at radius 3 is 2.25 bits per heavy atom. The molecule has 2 aromatic carbocycles. The van der Waals surface area contributed by atoms with Gasteiger partial charge in [0.05, 0.1) is 0 Å². The molecular formula is C16H18N2O2. The van der Waals surface area contributed by atoms with Crippen LogP contribution in [0.15, 0.2) is 54.6 Å². The average molecular weight is 270 g/mol. The molecule has 104 valence electrons. The molecule has 0 heterocycles. The van der Waals surface area contributed by atoms with Gasteiger partial charge >= 0.3 is 0 Å². The lowest BCUT2D eigenvalue weighted by Gasteiger charge is -2.09. The van der Waals surface area contributed by atoms with E-state index in [1.807, 2.05) is 30.3 Å². The Balaban J connectivity index is 1.91. The fraction of sp³-hybridized carbons (Fsp3) is 0.188. The molecule has 0 aliphatic rings. The molecule has 4 N–H and O–H groups in total. The molecule has 4 nitrogen and oxygen atoms in total. The Morgan fingerprint density at radius 2 is 1.65 bits per heavy atom. The number of rotatable bonds is 6. The van der Waals surface area contributed by atoms with Gasteiger partial charge in [-0.2, -0.15) is 0 Å². The van der Waals surface area contributed by atoms with E-state index in [-0.39, 0.29) is 6.54 Å². The summed E-state index contributed by atoms with van der Waals surface area (Å²) in [5, 5.41) is 12.3. The molecule has 0 aromatic heterocycles. The number of hydrogen-bond acceptors (Lipinski definition) is 3. The van der Waals surface area contributed by atoms with E-state index in [1.54, 1.807) is 0 Å². The molecule has 0 aliphatic carbocycles. The summed E-state index contributed by atoms with van der Waals surface area (Å²) in [6.45, 7) is 0.745. The smallest absolute Gasteiger partial charge is 0.247 e. The summed E-state index contributed by atoms with van der Waals surface area (Å²) in [7, 11) is 0. The summed E-state index contributed by atoms with van der Waals surface area (Å²) < 4.78 is 0. The van der Waals surface area contributed by atoms with Gasteiger partial charge in [-0.25, -0.2) is 0 Å². The van der Waals surface area contributed by atoms with Crippen LogP contribution in [0.25, 0.3) is 11.1 Å². The summed E-state index contributed by atoms with van der Waals surface area (Å²) in [5.41, 5.74) is 8.39. The SMILES string of the molecule is NC(=O)C(O)CNCc1ccc(-c2ccccc2)cc1. The van der Waals surface area contributed by atoms with Crippen molar-refractivity contribution in [1.82, 2.24) is 5.32 Å². The van der Waals surface area contributed by atoms with Crippen molar-refractivity contribution in [3.05, 3.63) is 60.2 Å². The highest BCUT2D eigenvalue weighted by atomic mass is 16.3. The predicted molar refractivity (Wildman–Crippen MR) is 78.8 cm³/mol. The minimum Gasteiger partial charge on any atom is -0.382 e. The zero-order valence-electron chi connectivity index (χ0n) is 11.1. The van der Waals surface area contributed by atoms with Gasteiger partial charge in [-0.15, -0.1) is 0 Å². The van der Waals surface area contributed by atoms with Crippen LogP contribution in [0, 0.1) is 0 Å². The van der Waals surface area contributed by atoms with E-state index in [0.717, 1.165) is 11.1 Å². The fourth-order valence-electron chi connectivity index (χ4n) is 1.90. The highest BCUT2D eigenvalue weighted by molar-refractivity contribution is 5.78. The quantitative estimate of drug-likeness (QED) is 0.740. The normalized spacial score (nSPS) is 12.1. The third kappa shape index (κ3) is 3.91. The van der Waals surface area contributed by atoms with Crippen molar-refractivity contribution in [3.63, 3.8) is 0 Å². The van der Waals surface area contributed by atoms with Gasteiger partial charge in [0.25, 0.3) is 0 Å². The molecule has 0 saturated heterocycles. The number of aliphatic hydroxyl groups excluding tert-OH is 1. The Bertz CT molecular complexity index is 552. The molecule has 0 bridgehead atoms. The van der Waals surface area contributed by atoms with Gasteiger partial charge in [0, 0.05) is 13.1 Å². The van der Waals surface area contributed by atoms with E-state index >= 15 is 0 Å². The second kappa shape index (κ2) is 6.84. The van der Waals surface area contributed by atoms with E-state index < -0.39 is 12.0 Å². The van der Waals surface area contributed by atoms with E-state index in [9.17, 15) is 9.90 Å². The first-order valence-electron chi connectivity index (χ1n) is 6.49. The predicted octanol–water partition coefficient (Wildman–Crippen LogP) is 1.29. The number of nitrogens with one attached hydrogen (secondary N) is 1. The van der Waals surface area contributed by atoms with Crippen LogP contribution in [0.5, 0.6) is 0 Å². The summed E-state index contributed by atoms with van der Waals surface area (Å²) in [6, 6.07) is 18.3. The summed E-state index contributed by atoms with van der Waals surface area (Å²) in [5.74, 6) is -0.711. The maximum atomic E-state index is 10.7. The van der Waals surface area contributed by atoms with Crippen LogP contribution in [-0.4, -0.2) is 23.7 Å². The number of amides is 1. The fourth-order valence-corrected chi connectivity index (χ4v) is 1.90. The Morgan fingerprint density at radius 1 is 1.05 bits per heavy atom. The third-order valence-electron chi connectivity index (χ3n) is 3.06. The molecule has 0 spiro atoms. The highest BCUT2D eigenvalue weighted by Gasteiger charge is 2.09. The molecule has 0 fully saturated rings. The van der Waals surface area contributed by atoms with Crippen molar-refractivity contribution >= 4 is 5.91 Å². The van der Waals surface area contributed by atoms with Crippen molar-refractivity contribution in [3.8, 4) is 11.1 Å². The number of carbonyl (C=O) groups excluding carboxylic acids is 1. The van der Waals surface area contributed by atoms with Gasteiger partial charge in [-0.1, -0.05) is 54.6 Å². The van der Waals surface area contributed by atoms with Crippen LogP contribution in [0.4, 0.5) is 0 Å². The molecule has 4 heteroatoms. The number of carbonyl (C=O) groups is 1. The van der Waals surface area contributed by atoms with Gasteiger partial charge in [0.2, 0.25) is 5.91 Å². The number of aliphatic hydroxyl groups is 1. The first kappa shape index (κ1) is 14.2. The second-order valence-electron chi connectivity index (χ2n) is 4.61. The monoisotopic (exact) mass is 270 g/mol. The molecule has 2 aromatic rings.